The summed E-state index contributed by atoms with van der Waals surface area (Å²) in [7, 11) is 0. The molecular formula is C16H19BrClFN2. The second-order valence-electron chi connectivity index (χ2n) is 6.61. The minimum absolute atomic E-state index is 0.198. The van der Waals surface area contributed by atoms with Crippen molar-refractivity contribution in [3.63, 3.8) is 0 Å². The Bertz CT molecular complexity index is 693. The van der Waals surface area contributed by atoms with Crippen LogP contribution < -0.4 is 0 Å². The quantitative estimate of drug-likeness (QED) is 0.591. The normalized spacial score (nSPS) is 22.9. The lowest BCUT2D eigenvalue weighted by molar-refractivity contribution is 0.261. The summed E-state index contributed by atoms with van der Waals surface area (Å²) in [5, 5.41) is -0.198. The highest BCUT2D eigenvalue weighted by atomic mass is 79.9. The maximum absolute atomic E-state index is 13.8. The van der Waals surface area contributed by atoms with Crippen LogP contribution in [-0.2, 0) is 0 Å². The van der Waals surface area contributed by atoms with Crippen molar-refractivity contribution in [2.24, 2.45) is 5.41 Å². The molecule has 1 heterocycles. The van der Waals surface area contributed by atoms with E-state index >= 15 is 0 Å². The van der Waals surface area contributed by atoms with Crippen LogP contribution in [0.5, 0.6) is 0 Å². The molecule has 0 aliphatic heterocycles. The molecular weight excluding hydrogens is 355 g/mol. The summed E-state index contributed by atoms with van der Waals surface area (Å²) in [4.78, 5) is 4.59. The van der Waals surface area contributed by atoms with E-state index in [4.69, 9.17) is 11.6 Å². The average molecular weight is 374 g/mol. The first-order valence-corrected chi connectivity index (χ1v) is 8.55. The first-order chi connectivity index (χ1) is 9.81. The highest BCUT2D eigenvalue weighted by Crippen LogP contribution is 2.48. The number of aromatic nitrogens is 2. The fourth-order valence-corrected chi connectivity index (χ4v) is 3.99. The molecule has 2 nitrogen and oxygen atoms in total. The predicted molar refractivity (Wildman–Crippen MR) is 88.3 cm³/mol. The molecule has 0 amide bonds. The number of rotatable bonds is 2. The number of hydrogen-bond donors (Lipinski definition) is 0. The first kappa shape index (κ1) is 15.3. The van der Waals surface area contributed by atoms with Crippen molar-refractivity contribution in [1.29, 1.82) is 0 Å². The minimum Gasteiger partial charge on any atom is -0.323 e. The second-order valence-corrected chi connectivity index (χ2v) is 8.12. The van der Waals surface area contributed by atoms with Crippen LogP contribution in [0.4, 0.5) is 4.39 Å². The van der Waals surface area contributed by atoms with Gasteiger partial charge in [-0.25, -0.2) is 9.37 Å². The van der Waals surface area contributed by atoms with E-state index < -0.39 is 0 Å². The van der Waals surface area contributed by atoms with E-state index in [9.17, 15) is 4.39 Å². The Kier molecular flexibility index (Phi) is 3.81. The van der Waals surface area contributed by atoms with Crippen LogP contribution in [0.15, 0.2) is 16.6 Å². The summed E-state index contributed by atoms with van der Waals surface area (Å²) in [5.74, 6) is 0.552. The zero-order valence-corrected chi connectivity index (χ0v) is 14.8. The van der Waals surface area contributed by atoms with Crippen LogP contribution in [-0.4, -0.2) is 9.55 Å². The van der Waals surface area contributed by atoms with E-state index in [0.717, 1.165) is 17.8 Å². The molecule has 0 spiro atoms. The number of hydrogen-bond acceptors (Lipinski definition) is 1. The molecule has 1 aliphatic rings. The molecule has 1 aliphatic carbocycles. The van der Waals surface area contributed by atoms with E-state index in [2.05, 4.69) is 39.3 Å². The highest BCUT2D eigenvalue weighted by molar-refractivity contribution is 9.10. The SMILES string of the molecule is CC(Cl)c1nc2cc(F)c(Br)cc2n1C1CCCC1(C)C. The van der Waals surface area contributed by atoms with Gasteiger partial charge in [-0.2, -0.15) is 0 Å². The Balaban J connectivity index is 2.28. The van der Waals surface area contributed by atoms with Crippen molar-refractivity contribution in [3.05, 3.63) is 28.2 Å². The number of benzene rings is 1. The molecule has 1 aromatic heterocycles. The lowest BCUT2D eigenvalue weighted by atomic mass is 9.87. The Labute approximate surface area is 137 Å². The molecule has 2 unspecified atom stereocenters. The van der Waals surface area contributed by atoms with Crippen LogP contribution in [0.1, 0.15) is 57.3 Å². The van der Waals surface area contributed by atoms with Crippen molar-refractivity contribution in [2.75, 3.05) is 0 Å². The predicted octanol–water partition coefficient (Wildman–Crippen LogP) is 5.99. The molecule has 3 rings (SSSR count). The molecule has 1 fully saturated rings. The zero-order chi connectivity index (χ0) is 15.4. The van der Waals surface area contributed by atoms with E-state index in [0.29, 0.717) is 16.0 Å². The van der Waals surface area contributed by atoms with E-state index in [1.54, 1.807) is 0 Å². The first-order valence-electron chi connectivity index (χ1n) is 7.32. The fraction of sp³-hybridized carbons (Fsp3) is 0.562. The lowest BCUT2D eigenvalue weighted by Crippen LogP contribution is -2.23. The van der Waals surface area contributed by atoms with Gasteiger partial charge in [-0.05, 0) is 47.2 Å². The van der Waals surface area contributed by atoms with Gasteiger partial charge in [0, 0.05) is 12.1 Å². The van der Waals surface area contributed by atoms with Gasteiger partial charge in [0.05, 0.1) is 20.9 Å². The Hall–Kier alpha value is -0.610. The van der Waals surface area contributed by atoms with Crippen LogP contribution in [0.2, 0.25) is 0 Å². The monoisotopic (exact) mass is 372 g/mol. The molecule has 1 saturated carbocycles. The smallest absolute Gasteiger partial charge is 0.139 e. The van der Waals surface area contributed by atoms with Crippen molar-refractivity contribution in [1.82, 2.24) is 9.55 Å². The molecule has 2 atom stereocenters. The van der Waals surface area contributed by atoms with Crippen molar-refractivity contribution in [3.8, 4) is 0 Å². The molecule has 21 heavy (non-hydrogen) atoms. The number of alkyl halides is 1. The molecule has 2 aromatic rings. The van der Waals surface area contributed by atoms with Gasteiger partial charge in [-0.15, -0.1) is 11.6 Å². The largest absolute Gasteiger partial charge is 0.323 e. The lowest BCUT2D eigenvalue weighted by Gasteiger charge is -2.30. The van der Waals surface area contributed by atoms with Gasteiger partial charge in [0.25, 0.3) is 0 Å². The van der Waals surface area contributed by atoms with Crippen LogP contribution in [0.25, 0.3) is 11.0 Å². The summed E-state index contributed by atoms with van der Waals surface area (Å²) in [6, 6.07) is 3.67. The summed E-state index contributed by atoms with van der Waals surface area (Å²) < 4.78 is 16.5. The summed E-state index contributed by atoms with van der Waals surface area (Å²) in [5.41, 5.74) is 1.85. The van der Waals surface area contributed by atoms with Gasteiger partial charge in [0.1, 0.15) is 11.6 Å². The Morgan fingerprint density at radius 1 is 1.48 bits per heavy atom. The van der Waals surface area contributed by atoms with Gasteiger partial charge in [-0.3, -0.25) is 0 Å². The molecule has 0 saturated heterocycles. The number of imidazole rings is 1. The Morgan fingerprint density at radius 3 is 2.76 bits per heavy atom. The Morgan fingerprint density at radius 2 is 2.19 bits per heavy atom. The van der Waals surface area contributed by atoms with Gasteiger partial charge >= 0.3 is 0 Å². The maximum atomic E-state index is 13.8. The minimum atomic E-state index is -0.286. The molecule has 114 valence electrons. The van der Waals surface area contributed by atoms with Crippen molar-refractivity contribution < 1.29 is 4.39 Å². The third kappa shape index (κ3) is 2.50. The molecule has 0 N–H and O–H groups in total. The summed E-state index contributed by atoms with van der Waals surface area (Å²) in [6.07, 6.45) is 3.51. The van der Waals surface area contributed by atoms with Gasteiger partial charge < -0.3 is 4.57 Å². The molecule has 0 bridgehead atoms. The van der Waals surface area contributed by atoms with Gasteiger partial charge in [0.15, 0.2) is 0 Å². The molecule has 1 aromatic carbocycles. The van der Waals surface area contributed by atoms with Crippen molar-refractivity contribution in [2.45, 2.75) is 51.5 Å². The maximum Gasteiger partial charge on any atom is 0.139 e. The standard InChI is InChI=1S/C16H19BrClFN2/c1-9(18)15-20-12-8-11(19)10(17)7-13(12)21(15)14-5-4-6-16(14,2)3/h7-9,14H,4-6H2,1-3H3. The van der Waals surface area contributed by atoms with E-state index in [1.807, 2.05) is 13.0 Å². The van der Waals surface area contributed by atoms with Gasteiger partial charge in [-0.1, -0.05) is 20.3 Å². The zero-order valence-electron chi connectivity index (χ0n) is 12.5. The fourth-order valence-electron chi connectivity index (χ4n) is 3.50. The number of nitrogens with zero attached hydrogens (tertiary/aromatic N) is 2. The number of fused-ring (bicyclic) bond motifs is 1. The number of halogens is 3. The average Bonchev–Trinajstić information content (AvgIpc) is 2.90. The van der Waals surface area contributed by atoms with Crippen LogP contribution >= 0.6 is 27.5 Å². The molecule has 5 heteroatoms. The third-order valence-electron chi connectivity index (χ3n) is 4.63. The van der Waals surface area contributed by atoms with Crippen molar-refractivity contribution >= 4 is 38.6 Å². The van der Waals surface area contributed by atoms with Gasteiger partial charge in [0.2, 0.25) is 0 Å². The van der Waals surface area contributed by atoms with E-state index in [-0.39, 0.29) is 16.6 Å². The van der Waals surface area contributed by atoms with Crippen LogP contribution in [0.3, 0.4) is 0 Å². The van der Waals surface area contributed by atoms with Crippen LogP contribution in [0, 0.1) is 11.2 Å². The van der Waals surface area contributed by atoms with E-state index in [1.165, 1.54) is 18.9 Å². The summed E-state index contributed by atoms with van der Waals surface area (Å²) in [6.45, 7) is 6.50. The third-order valence-corrected chi connectivity index (χ3v) is 5.43. The molecule has 0 radical (unpaired) electrons. The summed E-state index contributed by atoms with van der Waals surface area (Å²) >= 11 is 9.63. The second kappa shape index (κ2) is 5.24. The topological polar surface area (TPSA) is 17.8 Å². The highest BCUT2D eigenvalue weighted by Gasteiger charge is 2.38.